The molecule has 3 heterocycles. The van der Waals surface area contributed by atoms with E-state index < -0.39 is 23.3 Å². The maximum Gasteiger partial charge on any atom is 0.235 e. The number of anilines is 1. The lowest BCUT2D eigenvalue weighted by molar-refractivity contribution is -0.140. The van der Waals surface area contributed by atoms with Gasteiger partial charge in [-0.2, -0.15) is 0 Å². The highest BCUT2D eigenvalue weighted by Crippen LogP contribution is 2.49. The second-order valence-corrected chi connectivity index (χ2v) is 8.16. The second-order valence-electron chi connectivity index (χ2n) is 8.16. The van der Waals surface area contributed by atoms with Crippen molar-refractivity contribution < 1.29 is 14.4 Å². The number of para-hydroxylation sites is 1. The third kappa shape index (κ3) is 2.04. The molecule has 4 unspecified atom stereocenters. The van der Waals surface area contributed by atoms with Crippen molar-refractivity contribution in [3.63, 3.8) is 0 Å². The lowest BCUT2D eigenvalue weighted by Gasteiger charge is -2.38. The number of imide groups is 1. The maximum absolute atomic E-state index is 13.3. The van der Waals surface area contributed by atoms with E-state index in [-0.39, 0.29) is 23.6 Å². The molecule has 0 spiro atoms. The zero-order valence-corrected chi connectivity index (χ0v) is 14.9. The highest BCUT2D eigenvalue weighted by atomic mass is 16.2. The number of carbonyl (C=O) groups is 3. The molecule has 0 aliphatic carbocycles. The normalized spacial score (nSPS) is 30.4. The van der Waals surface area contributed by atoms with Crippen molar-refractivity contribution in [2.75, 3.05) is 11.9 Å². The van der Waals surface area contributed by atoms with Crippen molar-refractivity contribution in [1.82, 2.24) is 4.90 Å². The SMILES string of the molecule is CN1C(=O)C2C(C1=O)C(C(=O)C(C)(C)C)N1c3ccccc3C=CC21. The van der Waals surface area contributed by atoms with E-state index in [4.69, 9.17) is 0 Å². The predicted octanol–water partition coefficient (Wildman–Crippen LogP) is 2.12. The highest BCUT2D eigenvalue weighted by Gasteiger charge is 2.63. The van der Waals surface area contributed by atoms with Crippen LogP contribution in [0, 0.1) is 17.3 Å². The van der Waals surface area contributed by atoms with Gasteiger partial charge in [-0.3, -0.25) is 19.3 Å². The van der Waals surface area contributed by atoms with E-state index >= 15 is 0 Å². The van der Waals surface area contributed by atoms with Crippen molar-refractivity contribution in [2.24, 2.45) is 17.3 Å². The lowest BCUT2D eigenvalue weighted by Crippen LogP contribution is -2.51. The Balaban J connectivity index is 1.91. The Labute approximate surface area is 147 Å². The second kappa shape index (κ2) is 5.04. The molecule has 0 saturated carbocycles. The molecule has 5 nitrogen and oxygen atoms in total. The standard InChI is InChI=1S/C20H22N2O3/c1-20(2,3)17(23)16-15-14(18(24)21(4)19(15)25)13-10-9-11-7-5-6-8-12(11)22(13)16/h5-10,13-16H,1-4H3. The first-order chi connectivity index (χ1) is 11.7. The van der Waals surface area contributed by atoms with Gasteiger partial charge in [0.15, 0.2) is 5.78 Å². The molecular formula is C20H22N2O3. The number of nitrogens with zero attached hydrogens (tertiary/aromatic N) is 2. The van der Waals surface area contributed by atoms with Crippen molar-refractivity contribution in [1.29, 1.82) is 0 Å². The van der Waals surface area contributed by atoms with Gasteiger partial charge in [-0.15, -0.1) is 0 Å². The zero-order chi connectivity index (χ0) is 18.1. The van der Waals surface area contributed by atoms with E-state index in [2.05, 4.69) is 0 Å². The molecular weight excluding hydrogens is 316 g/mol. The average molecular weight is 338 g/mol. The Hall–Kier alpha value is -2.43. The minimum absolute atomic E-state index is 0.00607. The molecule has 0 aromatic heterocycles. The summed E-state index contributed by atoms with van der Waals surface area (Å²) in [7, 11) is 1.52. The Morgan fingerprint density at radius 1 is 1.04 bits per heavy atom. The summed E-state index contributed by atoms with van der Waals surface area (Å²) in [6.45, 7) is 5.61. The maximum atomic E-state index is 13.3. The molecule has 5 heteroatoms. The number of likely N-dealkylation sites (tertiary alicyclic amines) is 1. The molecule has 0 radical (unpaired) electrons. The molecule has 3 aliphatic rings. The summed E-state index contributed by atoms with van der Waals surface area (Å²) in [6.07, 6.45) is 3.97. The molecule has 4 atom stereocenters. The van der Waals surface area contributed by atoms with Gasteiger partial charge >= 0.3 is 0 Å². The van der Waals surface area contributed by atoms with Crippen LogP contribution < -0.4 is 4.90 Å². The summed E-state index contributed by atoms with van der Waals surface area (Å²) in [6, 6.07) is 6.97. The fourth-order valence-corrected chi connectivity index (χ4v) is 4.41. The molecule has 0 bridgehead atoms. The highest BCUT2D eigenvalue weighted by molar-refractivity contribution is 6.11. The van der Waals surface area contributed by atoms with Crippen LogP contribution in [-0.2, 0) is 14.4 Å². The van der Waals surface area contributed by atoms with Gasteiger partial charge in [0.25, 0.3) is 0 Å². The number of hydrogen-bond donors (Lipinski definition) is 0. The van der Waals surface area contributed by atoms with E-state index in [1.807, 2.05) is 62.1 Å². The molecule has 130 valence electrons. The van der Waals surface area contributed by atoms with Crippen molar-refractivity contribution in [2.45, 2.75) is 32.9 Å². The molecule has 0 N–H and O–H groups in total. The molecule has 3 aliphatic heterocycles. The van der Waals surface area contributed by atoms with E-state index in [9.17, 15) is 14.4 Å². The molecule has 2 amide bonds. The minimum atomic E-state index is -0.609. The Kier molecular flexibility index (Phi) is 3.24. The van der Waals surface area contributed by atoms with E-state index in [0.717, 1.165) is 11.3 Å². The quantitative estimate of drug-likeness (QED) is 0.736. The van der Waals surface area contributed by atoms with Gasteiger partial charge in [0.2, 0.25) is 11.8 Å². The first kappa shape index (κ1) is 16.1. The smallest absolute Gasteiger partial charge is 0.235 e. The van der Waals surface area contributed by atoms with Gasteiger partial charge in [0, 0.05) is 18.2 Å². The first-order valence-corrected chi connectivity index (χ1v) is 8.65. The molecule has 4 rings (SSSR count). The third-order valence-corrected chi connectivity index (χ3v) is 5.64. The third-order valence-electron chi connectivity index (χ3n) is 5.64. The number of hydrogen-bond acceptors (Lipinski definition) is 4. The number of carbonyl (C=O) groups excluding carboxylic acids is 3. The largest absolute Gasteiger partial charge is 0.353 e. The van der Waals surface area contributed by atoms with Crippen LogP contribution in [0.2, 0.25) is 0 Å². The van der Waals surface area contributed by atoms with Gasteiger partial charge < -0.3 is 4.90 Å². The van der Waals surface area contributed by atoms with Gasteiger partial charge in [0.05, 0.1) is 17.9 Å². The van der Waals surface area contributed by atoms with Gasteiger partial charge in [-0.1, -0.05) is 51.1 Å². The Morgan fingerprint density at radius 3 is 2.36 bits per heavy atom. The zero-order valence-electron chi connectivity index (χ0n) is 14.9. The summed E-state index contributed by atoms with van der Waals surface area (Å²) >= 11 is 0. The first-order valence-electron chi connectivity index (χ1n) is 8.65. The lowest BCUT2D eigenvalue weighted by atomic mass is 9.79. The minimum Gasteiger partial charge on any atom is -0.353 e. The Bertz CT molecular complexity index is 820. The van der Waals surface area contributed by atoms with Crippen LogP contribution in [0.1, 0.15) is 26.3 Å². The topological polar surface area (TPSA) is 57.7 Å². The van der Waals surface area contributed by atoms with Crippen molar-refractivity contribution in [3.05, 3.63) is 35.9 Å². The number of ketones is 1. The van der Waals surface area contributed by atoms with Gasteiger partial charge in [0.1, 0.15) is 6.04 Å². The summed E-state index contributed by atoms with van der Waals surface area (Å²) < 4.78 is 0. The number of Topliss-reactive ketones (excluding diaryl/α,β-unsaturated/α-hetero) is 1. The van der Waals surface area contributed by atoms with Crippen LogP contribution >= 0.6 is 0 Å². The van der Waals surface area contributed by atoms with E-state index in [1.54, 1.807) is 0 Å². The summed E-state index contributed by atoms with van der Waals surface area (Å²) in [4.78, 5) is 42.0. The summed E-state index contributed by atoms with van der Waals surface area (Å²) in [5.41, 5.74) is 1.35. The van der Waals surface area contributed by atoms with Gasteiger partial charge in [-0.25, -0.2) is 0 Å². The fraction of sp³-hybridized carbons (Fsp3) is 0.450. The van der Waals surface area contributed by atoms with Gasteiger partial charge in [-0.05, 0) is 11.6 Å². The van der Waals surface area contributed by atoms with Crippen LogP contribution in [0.5, 0.6) is 0 Å². The molecule has 2 fully saturated rings. The Morgan fingerprint density at radius 2 is 1.68 bits per heavy atom. The van der Waals surface area contributed by atoms with Crippen LogP contribution in [0.4, 0.5) is 5.69 Å². The molecule has 25 heavy (non-hydrogen) atoms. The summed E-state index contributed by atoms with van der Waals surface area (Å²) in [5, 5.41) is 0. The predicted molar refractivity (Wildman–Crippen MR) is 94.8 cm³/mol. The van der Waals surface area contributed by atoms with Crippen LogP contribution in [0.25, 0.3) is 6.08 Å². The number of fused-ring (bicyclic) bond motifs is 5. The summed E-state index contributed by atoms with van der Waals surface area (Å²) in [5.74, 6) is -1.51. The van der Waals surface area contributed by atoms with Crippen LogP contribution in [0.15, 0.2) is 30.3 Å². The number of benzene rings is 1. The van der Waals surface area contributed by atoms with Crippen molar-refractivity contribution >= 4 is 29.4 Å². The van der Waals surface area contributed by atoms with Crippen LogP contribution in [0.3, 0.4) is 0 Å². The van der Waals surface area contributed by atoms with Crippen LogP contribution in [-0.4, -0.2) is 41.6 Å². The molecule has 1 aromatic rings. The molecule has 2 saturated heterocycles. The average Bonchev–Trinajstić information content (AvgIpc) is 3.03. The van der Waals surface area contributed by atoms with Crippen molar-refractivity contribution in [3.8, 4) is 0 Å². The van der Waals surface area contributed by atoms with E-state index in [0.29, 0.717) is 0 Å². The number of rotatable bonds is 1. The fourth-order valence-electron chi connectivity index (χ4n) is 4.41. The monoisotopic (exact) mass is 338 g/mol. The molecule has 1 aromatic carbocycles. The number of amides is 2. The van der Waals surface area contributed by atoms with E-state index in [1.165, 1.54) is 11.9 Å².